The van der Waals surface area contributed by atoms with Crippen LogP contribution in [0.2, 0.25) is 0 Å². The van der Waals surface area contributed by atoms with Crippen molar-refractivity contribution in [2.45, 2.75) is 26.8 Å². The molecule has 0 bridgehead atoms. The van der Waals surface area contributed by atoms with Gasteiger partial charge in [0.1, 0.15) is 11.5 Å². The predicted octanol–water partition coefficient (Wildman–Crippen LogP) is 4.23. The molecule has 136 valence electrons. The third-order valence-electron chi connectivity index (χ3n) is 4.20. The van der Waals surface area contributed by atoms with Gasteiger partial charge in [0.05, 0.1) is 23.4 Å². The highest BCUT2D eigenvalue weighted by molar-refractivity contribution is 6.12. The zero-order chi connectivity index (χ0) is 19.0. The Morgan fingerprint density at radius 1 is 1.19 bits per heavy atom. The number of furan rings is 1. The van der Waals surface area contributed by atoms with Crippen molar-refractivity contribution in [3.63, 3.8) is 0 Å². The highest BCUT2D eigenvalue weighted by Crippen LogP contribution is 2.27. The Morgan fingerprint density at radius 2 is 2.04 bits per heavy atom. The molecular formula is C20H19N5O2. The molecule has 4 heterocycles. The van der Waals surface area contributed by atoms with Crippen LogP contribution in [0, 0.1) is 6.92 Å². The van der Waals surface area contributed by atoms with E-state index in [0.717, 1.165) is 5.69 Å². The van der Waals surface area contributed by atoms with Gasteiger partial charge in [0.25, 0.3) is 5.91 Å². The van der Waals surface area contributed by atoms with E-state index in [1.54, 1.807) is 35.3 Å². The van der Waals surface area contributed by atoms with Crippen LogP contribution in [-0.2, 0) is 0 Å². The summed E-state index contributed by atoms with van der Waals surface area (Å²) < 4.78 is 7.27. The van der Waals surface area contributed by atoms with Crippen molar-refractivity contribution in [2.75, 3.05) is 5.32 Å². The SMILES string of the molecule is Cc1cccc(NC(=O)c2cc(-c3ccco3)nc3c2cnn3C(C)C)n1. The Hall–Kier alpha value is -3.48. The predicted molar refractivity (Wildman–Crippen MR) is 103 cm³/mol. The number of nitrogens with one attached hydrogen (secondary N) is 1. The van der Waals surface area contributed by atoms with Gasteiger partial charge in [0, 0.05) is 11.7 Å². The average molecular weight is 361 g/mol. The van der Waals surface area contributed by atoms with Crippen LogP contribution in [0.5, 0.6) is 0 Å². The first-order valence-electron chi connectivity index (χ1n) is 8.70. The van der Waals surface area contributed by atoms with Gasteiger partial charge in [-0.1, -0.05) is 6.07 Å². The smallest absolute Gasteiger partial charge is 0.257 e. The number of nitrogens with zero attached hydrogens (tertiary/aromatic N) is 4. The molecule has 0 spiro atoms. The molecule has 4 rings (SSSR count). The fraction of sp³-hybridized carbons (Fsp3) is 0.200. The number of amides is 1. The second kappa shape index (κ2) is 6.68. The number of aryl methyl sites for hydroxylation is 1. The average Bonchev–Trinajstić information content (AvgIpc) is 3.30. The van der Waals surface area contributed by atoms with E-state index < -0.39 is 0 Å². The summed E-state index contributed by atoms with van der Waals surface area (Å²) >= 11 is 0. The maximum absolute atomic E-state index is 13.0. The highest BCUT2D eigenvalue weighted by Gasteiger charge is 2.19. The molecule has 0 aliphatic carbocycles. The zero-order valence-corrected chi connectivity index (χ0v) is 15.3. The van der Waals surface area contributed by atoms with E-state index in [4.69, 9.17) is 4.42 Å². The molecule has 0 saturated heterocycles. The number of pyridine rings is 2. The first kappa shape index (κ1) is 17.0. The molecule has 7 heteroatoms. The van der Waals surface area contributed by atoms with Crippen molar-refractivity contribution >= 4 is 22.8 Å². The summed E-state index contributed by atoms with van der Waals surface area (Å²) in [5.41, 5.74) is 2.52. The van der Waals surface area contributed by atoms with Crippen LogP contribution in [0.1, 0.15) is 35.9 Å². The Morgan fingerprint density at radius 3 is 2.74 bits per heavy atom. The van der Waals surface area contributed by atoms with Crippen molar-refractivity contribution in [1.29, 1.82) is 0 Å². The van der Waals surface area contributed by atoms with Crippen LogP contribution in [0.3, 0.4) is 0 Å². The third kappa shape index (κ3) is 3.19. The molecular weight excluding hydrogens is 342 g/mol. The lowest BCUT2D eigenvalue weighted by molar-refractivity contribution is 0.102. The standard InChI is InChI=1S/C20H19N5O2/c1-12(2)25-19-15(11-21-25)14(10-16(23-19)17-7-5-9-27-17)20(26)24-18-8-4-6-13(3)22-18/h4-12H,1-3H3,(H,22,24,26). The van der Waals surface area contributed by atoms with Gasteiger partial charge in [-0.05, 0) is 51.1 Å². The summed E-state index contributed by atoms with van der Waals surface area (Å²) in [5.74, 6) is 0.827. The maximum Gasteiger partial charge on any atom is 0.257 e. The summed E-state index contributed by atoms with van der Waals surface area (Å²) in [4.78, 5) is 22.0. The Balaban J connectivity index is 1.84. The van der Waals surface area contributed by atoms with Crippen molar-refractivity contribution in [2.24, 2.45) is 0 Å². The lowest BCUT2D eigenvalue weighted by atomic mass is 10.1. The van der Waals surface area contributed by atoms with Crippen molar-refractivity contribution in [3.8, 4) is 11.5 Å². The lowest BCUT2D eigenvalue weighted by Crippen LogP contribution is -2.14. The Labute approximate surface area is 156 Å². The van der Waals surface area contributed by atoms with E-state index >= 15 is 0 Å². The number of carbonyl (C=O) groups excluding carboxylic acids is 1. The molecule has 27 heavy (non-hydrogen) atoms. The molecule has 1 amide bonds. The normalized spacial score (nSPS) is 11.3. The summed E-state index contributed by atoms with van der Waals surface area (Å²) in [7, 11) is 0. The molecule has 0 atom stereocenters. The minimum absolute atomic E-state index is 0.108. The minimum atomic E-state index is -0.267. The molecule has 0 aliphatic heterocycles. The van der Waals surface area contributed by atoms with E-state index in [2.05, 4.69) is 20.4 Å². The monoisotopic (exact) mass is 361 g/mol. The largest absolute Gasteiger partial charge is 0.463 e. The summed E-state index contributed by atoms with van der Waals surface area (Å²) in [6.07, 6.45) is 3.25. The van der Waals surface area contributed by atoms with E-state index in [1.165, 1.54) is 0 Å². The second-order valence-electron chi connectivity index (χ2n) is 6.57. The van der Waals surface area contributed by atoms with Crippen molar-refractivity contribution < 1.29 is 9.21 Å². The Kier molecular flexibility index (Phi) is 4.19. The third-order valence-corrected chi connectivity index (χ3v) is 4.20. The Bertz CT molecular complexity index is 1110. The first-order chi connectivity index (χ1) is 13.0. The molecule has 0 fully saturated rings. The van der Waals surface area contributed by atoms with Crippen LogP contribution >= 0.6 is 0 Å². The van der Waals surface area contributed by atoms with E-state index in [9.17, 15) is 4.79 Å². The van der Waals surface area contributed by atoms with Gasteiger partial charge >= 0.3 is 0 Å². The van der Waals surface area contributed by atoms with Gasteiger partial charge in [-0.15, -0.1) is 0 Å². The topological polar surface area (TPSA) is 85.8 Å². The zero-order valence-electron chi connectivity index (χ0n) is 15.3. The van der Waals surface area contributed by atoms with Gasteiger partial charge in [0.2, 0.25) is 0 Å². The molecule has 4 aromatic rings. The van der Waals surface area contributed by atoms with Crippen molar-refractivity contribution in [3.05, 3.63) is 60.1 Å². The minimum Gasteiger partial charge on any atom is -0.463 e. The number of hydrogen-bond donors (Lipinski definition) is 1. The van der Waals surface area contributed by atoms with Crippen LogP contribution in [0.4, 0.5) is 5.82 Å². The maximum atomic E-state index is 13.0. The molecule has 0 saturated carbocycles. The summed E-state index contributed by atoms with van der Waals surface area (Å²) in [6, 6.07) is 10.9. The summed E-state index contributed by atoms with van der Waals surface area (Å²) in [5, 5.41) is 7.95. The molecule has 1 N–H and O–H groups in total. The lowest BCUT2D eigenvalue weighted by Gasteiger charge is -2.10. The molecule has 0 unspecified atom stereocenters. The second-order valence-corrected chi connectivity index (χ2v) is 6.57. The van der Waals surface area contributed by atoms with E-state index in [1.807, 2.05) is 39.0 Å². The van der Waals surface area contributed by atoms with Crippen LogP contribution in [-0.4, -0.2) is 25.7 Å². The fourth-order valence-corrected chi connectivity index (χ4v) is 2.93. The van der Waals surface area contributed by atoms with Gasteiger partial charge in [-0.2, -0.15) is 5.10 Å². The fourth-order valence-electron chi connectivity index (χ4n) is 2.93. The first-order valence-corrected chi connectivity index (χ1v) is 8.70. The number of fused-ring (bicyclic) bond motifs is 1. The molecule has 0 aromatic carbocycles. The van der Waals surface area contributed by atoms with E-state index in [-0.39, 0.29) is 11.9 Å². The van der Waals surface area contributed by atoms with Gasteiger partial charge in [-0.25, -0.2) is 14.6 Å². The number of anilines is 1. The molecule has 4 aromatic heterocycles. The van der Waals surface area contributed by atoms with Crippen LogP contribution in [0.15, 0.2) is 53.3 Å². The number of carbonyl (C=O) groups is 1. The number of rotatable bonds is 4. The van der Waals surface area contributed by atoms with Crippen LogP contribution < -0.4 is 5.32 Å². The van der Waals surface area contributed by atoms with Crippen molar-refractivity contribution in [1.82, 2.24) is 19.7 Å². The van der Waals surface area contributed by atoms with Gasteiger partial charge in [-0.3, -0.25) is 4.79 Å². The van der Waals surface area contributed by atoms with Gasteiger partial charge < -0.3 is 9.73 Å². The summed E-state index contributed by atoms with van der Waals surface area (Å²) in [6.45, 7) is 5.91. The molecule has 0 radical (unpaired) electrons. The van der Waals surface area contributed by atoms with Gasteiger partial charge in [0.15, 0.2) is 11.4 Å². The van der Waals surface area contributed by atoms with E-state index in [0.29, 0.717) is 33.9 Å². The quantitative estimate of drug-likeness (QED) is 0.588. The highest BCUT2D eigenvalue weighted by atomic mass is 16.3. The molecule has 7 nitrogen and oxygen atoms in total. The molecule has 0 aliphatic rings. The van der Waals surface area contributed by atoms with Crippen LogP contribution in [0.25, 0.3) is 22.5 Å². The number of hydrogen-bond acceptors (Lipinski definition) is 5. The number of aromatic nitrogens is 4.